The van der Waals surface area contributed by atoms with E-state index >= 15 is 0 Å². The minimum Gasteiger partial charge on any atom is -0.452 e. The third kappa shape index (κ3) is 4.39. The second-order valence-corrected chi connectivity index (χ2v) is 8.27. The van der Waals surface area contributed by atoms with Gasteiger partial charge in [0.1, 0.15) is 10.0 Å². The number of nitrogens with one attached hydrogen (secondary N) is 2. The summed E-state index contributed by atoms with van der Waals surface area (Å²) >= 11 is 2.53. The number of esters is 1. The highest BCUT2D eigenvalue weighted by molar-refractivity contribution is 7.17. The normalized spacial score (nSPS) is 12.8. The Morgan fingerprint density at radius 1 is 1.14 bits per heavy atom. The predicted molar refractivity (Wildman–Crippen MR) is 107 cm³/mol. The summed E-state index contributed by atoms with van der Waals surface area (Å²) in [5.74, 6) is -2.16. The topological polar surface area (TPSA) is 128 Å². The first-order valence-electron chi connectivity index (χ1n) is 8.63. The molecule has 4 N–H and O–H groups in total. The largest absolute Gasteiger partial charge is 0.452 e. The van der Waals surface area contributed by atoms with Crippen LogP contribution < -0.4 is 16.4 Å². The average Bonchev–Trinajstić information content (AvgIpc) is 3.23. The lowest BCUT2D eigenvalue weighted by molar-refractivity contribution is -0.119. The van der Waals surface area contributed by atoms with Gasteiger partial charge in [-0.05, 0) is 42.7 Å². The number of anilines is 2. The summed E-state index contributed by atoms with van der Waals surface area (Å²) in [6, 6.07) is 1.51. The highest BCUT2D eigenvalue weighted by Gasteiger charge is 2.27. The Morgan fingerprint density at radius 3 is 2.61 bits per heavy atom. The van der Waals surface area contributed by atoms with Crippen molar-refractivity contribution in [3.63, 3.8) is 0 Å². The zero-order valence-electron chi connectivity index (χ0n) is 15.1. The van der Waals surface area contributed by atoms with Gasteiger partial charge in [-0.3, -0.25) is 14.4 Å². The van der Waals surface area contributed by atoms with E-state index in [2.05, 4.69) is 10.6 Å². The summed E-state index contributed by atoms with van der Waals surface area (Å²) in [5, 5.41) is 7.59. The van der Waals surface area contributed by atoms with E-state index in [9.17, 15) is 19.2 Å². The number of aryl methyl sites for hydroxylation is 1. The number of amides is 3. The SMILES string of the molecule is CC(=O)Nc1sc2c(c1C(=O)OCC(=O)Nc1sccc1C(N)=O)CCCC2. The Kier molecular flexibility index (Phi) is 6.10. The van der Waals surface area contributed by atoms with Crippen LogP contribution in [0.15, 0.2) is 11.4 Å². The van der Waals surface area contributed by atoms with Crippen molar-refractivity contribution in [3.05, 3.63) is 33.0 Å². The van der Waals surface area contributed by atoms with Crippen LogP contribution in [0.25, 0.3) is 0 Å². The average molecular weight is 422 g/mol. The van der Waals surface area contributed by atoms with E-state index in [0.717, 1.165) is 47.5 Å². The molecule has 0 spiro atoms. The van der Waals surface area contributed by atoms with Crippen molar-refractivity contribution in [2.24, 2.45) is 5.73 Å². The van der Waals surface area contributed by atoms with Crippen LogP contribution in [0.4, 0.5) is 10.0 Å². The Labute approximate surface area is 169 Å². The van der Waals surface area contributed by atoms with Crippen LogP contribution in [-0.2, 0) is 27.2 Å². The number of rotatable bonds is 6. The van der Waals surface area contributed by atoms with Gasteiger partial charge in [0.2, 0.25) is 5.91 Å². The van der Waals surface area contributed by atoms with Gasteiger partial charge in [-0.25, -0.2) is 4.79 Å². The maximum atomic E-state index is 12.6. The summed E-state index contributed by atoms with van der Waals surface area (Å²) in [7, 11) is 0. The quantitative estimate of drug-likeness (QED) is 0.618. The van der Waals surface area contributed by atoms with Crippen molar-refractivity contribution in [1.82, 2.24) is 0 Å². The fourth-order valence-corrected chi connectivity index (χ4v) is 5.13. The van der Waals surface area contributed by atoms with Gasteiger partial charge < -0.3 is 21.1 Å². The lowest BCUT2D eigenvalue weighted by Gasteiger charge is -2.12. The van der Waals surface area contributed by atoms with Crippen LogP contribution in [0.3, 0.4) is 0 Å². The molecule has 2 aromatic rings. The van der Waals surface area contributed by atoms with Gasteiger partial charge in [0.25, 0.3) is 11.8 Å². The Bertz CT molecular complexity index is 947. The molecule has 1 aliphatic rings. The molecular weight excluding hydrogens is 402 g/mol. The second-order valence-electron chi connectivity index (χ2n) is 6.25. The van der Waals surface area contributed by atoms with Crippen molar-refractivity contribution in [1.29, 1.82) is 0 Å². The number of primary amides is 1. The zero-order valence-corrected chi connectivity index (χ0v) is 16.8. The molecule has 0 bridgehead atoms. The fraction of sp³-hybridized carbons (Fsp3) is 0.333. The van der Waals surface area contributed by atoms with E-state index < -0.39 is 24.4 Å². The number of ether oxygens (including phenoxy) is 1. The van der Waals surface area contributed by atoms with Crippen LogP contribution in [0, 0.1) is 0 Å². The summed E-state index contributed by atoms with van der Waals surface area (Å²) in [6.07, 6.45) is 3.58. The summed E-state index contributed by atoms with van der Waals surface area (Å²) in [4.78, 5) is 48.6. The van der Waals surface area contributed by atoms with Crippen LogP contribution in [0.2, 0.25) is 0 Å². The first-order valence-corrected chi connectivity index (χ1v) is 10.3. The van der Waals surface area contributed by atoms with Gasteiger partial charge in [-0.1, -0.05) is 0 Å². The summed E-state index contributed by atoms with van der Waals surface area (Å²) < 4.78 is 5.18. The molecular formula is C18H19N3O5S2. The van der Waals surface area contributed by atoms with Gasteiger partial charge >= 0.3 is 5.97 Å². The standard InChI is InChI=1S/C18H19N3O5S2/c1-9(22)20-17-14(10-4-2-3-5-12(10)28-17)18(25)26-8-13(23)21-16-11(15(19)24)6-7-27-16/h6-7H,2-5,8H2,1H3,(H2,19,24)(H,20,22)(H,21,23). The third-order valence-electron chi connectivity index (χ3n) is 4.18. The number of carbonyl (C=O) groups excluding carboxylic acids is 4. The summed E-state index contributed by atoms with van der Waals surface area (Å²) in [6.45, 7) is 0.859. The molecule has 3 rings (SSSR count). The van der Waals surface area contributed by atoms with Crippen molar-refractivity contribution >= 4 is 56.4 Å². The number of hydrogen-bond acceptors (Lipinski definition) is 7. The molecule has 0 saturated carbocycles. The van der Waals surface area contributed by atoms with Crippen LogP contribution in [0.1, 0.15) is 50.9 Å². The molecule has 10 heteroatoms. The highest BCUT2D eigenvalue weighted by Crippen LogP contribution is 2.38. The monoisotopic (exact) mass is 421 g/mol. The fourth-order valence-electron chi connectivity index (χ4n) is 3.00. The second kappa shape index (κ2) is 8.53. The van der Waals surface area contributed by atoms with Gasteiger partial charge in [0.05, 0.1) is 11.1 Å². The van der Waals surface area contributed by atoms with Gasteiger partial charge in [0.15, 0.2) is 6.61 Å². The first-order chi connectivity index (χ1) is 13.4. The molecule has 0 aromatic carbocycles. The predicted octanol–water partition coefficient (Wildman–Crippen LogP) is 2.54. The van der Waals surface area contributed by atoms with Crippen molar-refractivity contribution in [3.8, 4) is 0 Å². The Balaban J connectivity index is 1.70. The molecule has 3 amide bonds. The molecule has 8 nitrogen and oxygen atoms in total. The van der Waals surface area contributed by atoms with Crippen molar-refractivity contribution in [2.45, 2.75) is 32.6 Å². The molecule has 0 radical (unpaired) electrons. The first kappa shape index (κ1) is 20.0. The van der Waals surface area contributed by atoms with E-state index in [-0.39, 0.29) is 11.5 Å². The Hall–Kier alpha value is -2.72. The molecule has 28 heavy (non-hydrogen) atoms. The van der Waals surface area contributed by atoms with Gasteiger partial charge in [-0.2, -0.15) is 0 Å². The maximum Gasteiger partial charge on any atom is 0.341 e. The minimum atomic E-state index is -0.654. The van der Waals surface area contributed by atoms with Crippen LogP contribution in [0.5, 0.6) is 0 Å². The number of nitrogens with two attached hydrogens (primary N) is 1. The smallest absolute Gasteiger partial charge is 0.341 e. The molecule has 2 aromatic heterocycles. The van der Waals surface area contributed by atoms with Gasteiger partial charge in [-0.15, -0.1) is 22.7 Å². The summed E-state index contributed by atoms with van der Waals surface area (Å²) in [5.41, 5.74) is 6.66. The number of hydrogen-bond donors (Lipinski definition) is 3. The highest BCUT2D eigenvalue weighted by atomic mass is 32.1. The molecule has 0 fully saturated rings. The molecule has 1 aliphatic carbocycles. The van der Waals surface area contributed by atoms with E-state index in [1.165, 1.54) is 24.3 Å². The third-order valence-corrected chi connectivity index (χ3v) is 6.22. The molecule has 148 valence electrons. The maximum absolute atomic E-state index is 12.6. The van der Waals surface area contributed by atoms with E-state index in [0.29, 0.717) is 15.6 Å². The molecule has 0 saturated heterocycles. The molecule has 0 atom stereocenters. The molecule has 0 aliphatic heterocycles. The van der Waals surface area contributed by atoms with Crippen LogP contribution in [-0.4, -0.2) is 30.3 Å². The molecule has 2 heterocycles. The number of thiophene rings is 2. The Morgan fingerprint density at radius 2 is 1.89 bits per heavy atom. The lowest BCUT2D eigenvalue weighted by Crippen LogP contribution is -2.23. The minimum absolute atomic E-state index is 0.199. The lowest BCUT2D eigenvalue weighted by atomic mass is 9.95. The number of carbonyl (C=O) groups is 4. The van der Waals surface area contributed by atoms with E-state index in [1.807, 2.05) is 0 Å². The van der Waals surface area contributed by atoms with Gasteiger partial charge in [0, 0.05) is 11.8 Å². The van der Waals surface area contributed by atoms with Crippen molar-refractivity contribution in [2.75, 3.05) is 17.2 Å². The zero-order chi connectivity index (χ0) is 20.3. The van der Waals surface area contributed by atoms with Crippen molar-refractivity contribution < 1.29 is 23.9 Å². The number of fused-ring (bicyclic) bond motifs is 1. The van der Waals surface area contributed by atoms with Crippen LogP contribution >= 0.6 is 22.7 Å². The van der Waals surface area contributed by atoms with E-state index in [4.69, 9.17) is 10.5 Å². The molecule has 0 unspecified atom stereocenters. The van der Waals surface area contributed by atoms with E-state index in [1.54, 1.807) is 5.38 Å².